The molecule has 0 saturated heterocycles. The highest BCUT2D eigenvalue weighted by Crippen LogP contribution is 2.07. The van der Waals surface area contributed by atoms with Crippen molar-refractivity contribution >= 4 is 22.4 Å². The maximum absolute atomic E-state index is 6.94. The maximum Gasteiger partial charge on any atom is 0.0763 e. The van der Waals surface area contributed by atoms with Crippen LogP contribution in [-0.2, 0) is 0 Å². The number of nitrogens with one attached hydrogen (secondary N) is 1. The Kier molecular flexibility index (Phi) is 7.85. The van der Waals surface area contributed by atoms with E-state index in [1.165, 1.54) is 22.9 Å². The van der Waals surface area contributed by atoms with Gasteiger partial charge in [-0.3, -0.25) is 0 Å². The Balaban J connectivity index is 4.35. The molecule has 0 rings (SSSR count). The van der Waals surface area contributed by atoms with Crippen LogP contribution in [0.25, 0.3) is 0 Å². The van der Waals surface area contributed by atoms with Crippen LogP contribution in [0.3, 0.4) is 0 Å². The van der Waals surface area contributed by atoms with E-state index in [-0.39, 0.29) is 0 Å². The SMILES string of the molecule is C=C(/C=C(\C)CN(C)CC)N=C(C)SC=N. The molecule has 0 atom stereocenters. The lowest BCUT2D eigenvalue weighted by Gasteiger charge is -2.13. The van der Waals surface area contributed by atoms with Crippen molar-refractivity contribution in [2.45, 2.75) is 20.8 Å². The van der Waals surface area contributed by atoms with E-state index in [4.69, 9.17) is 5.41 Å². The number of nitrogens with zero attached hydrogens (tertiary/aromatic N) is 2. The molecule has 0 aromatic rings. The average Bonchev–Trinajstić information content (AvgIpc) is 2.16. The van der Waals surface area contributed by atoms with Crippen LogP contribution < -0.4 is 0 Å². The van der Waals surface area contributed by atoms with E-state index in [9.17, 15) is 0 Å². The largest absolute Gasteiger partial charge is 0.303 e. The third-order valence-corrected chi connectivity index (χ3v) is 2.55. The summed E-state index contributed by atoms with van der Waals surface area (Å²) in [6, 6.07) is 0. The second kappa shape index (κ2) is 8.30. The third-order valence-electron chi connectivity index (χ3n) is 2.00. The molecule has 0 heterocycles. The van der Waals surface area contributed by atoms with Crippen LogP contribution in [0.2, 0.25) is 0 Å². The summed E-state index contributed by atoms with van der Waals surface area (Å²) in [5.74, 6) is 0. The first kappa shape index (κ1) is 15.1. The number of thioether (sulfide) groups is 1. The summed E-state index contributed by atoms with van der Waals surface area (Å²) in [6.07, 6.45) is 1.99. The molecule has 0 spiro atoms. The van der Waals surface area contributed by atoms with Crippen molar-refractivity contribution < 1.29 is 0 Å². The van der Waals surface area contributed by atoms with Gasteiger partial charge in [-0.1, -0.05) is 30.8 Å². The molecule has 0 aromatic carbocycles. The predicted octanol–water partition coefficient (Wildman–Crippen LogP) is 3.16. The van der Waals surface area contributed by atoms with Crippen molar-refractivity contribution in [1.82, 2.24) is 4.90 Å². The van der Waals surface area contributed by atoms with Crippen molar-refractivity contribution in [3.63, 3.8) is 0 Å². The fraction of sp³-hybridized carbons (Fsp3) is 0.500. The van der Waals surface area contributed by atoms with E-state index < -0.39 is 0 Å². The predicted molar refractivity (Wildman–Crippen MR) is 75.6 cm³/mol. The highest BCUT2D eigenvalue weighted by Gasteiger charge is 1.97. The molecule has 0 aliphatic heterocycles. The zero-order valence-corrected chi connectivity index (χ0v) is 11.4. The van der Waals surface area contributed by atoms with Gasteiger partial charge in [-0.15, -0.1) is 0 Å². The summed E-state index contributed by atoms with van der Waals surface area (Å²) < 4.78 is 0. The minimum Gasteiger partial charge on any atom is -0.303 e. The summed E-state index contributed by atoms with van der Waals surface area (Å²) in [5, 5.41) is 7.78. The van der Waals surface area contributed by atoms with Crippen LogP contribution in [0.5, 0.6) is 0 Å². The molecule has 3 nitrogen and oxygen atoms in total. The van der Waals surface area contributed by atoms with Gasteiger partial charge < -0.3 is 10.3 Å². The van der Waals surface area contributed by atoms with E-state index in [0.29, 0.717) is 0 Å². The lowest BCUT2D eigenvalue weighted by Crippen LogP contribution is -2.19. The van der Waals surface area contributed by atoms with Gasteiger partial charge in [0.25, 0.3) is 0 Å². The highest BCUT2D eigenvalue weighted by molar-refractivity contribution is 8.24. The molecule has 0 saturated carbocycles. The molecule has 0 fully saturated rings. The van der Waals surface area contributed by atoms with E-state index in [1.807, 2.05) is 13.0 Å². The van der Waals surface area contributed by atoms with Gasteiger partial charge in [0.2, 0.25) is 0 Å². The second-order valence-electron chi connectivity index (χ2n) is 3.68. The van der Waals surface area contributed by atoms with Gasteiger partial charge in [-0.05, 0) is 33.5 Å². The summed E-state index contributed by atoms with van der Waals surface area (Å²) in [7, 11) is 2.08. The Morgan fingerprint density at radius 1 is 1.50 bits per heavy atom. The molecule has 4 heteroatoms. The van der Waals surface area contributed by atoms with Crippen molar-refractivity contribution in [2.24, 2.45) is 4.99 Å². The lowest BCUT2D eigenvalue weighted by atomic mass is 10.2. The highest BCUT2D eigenvalue weighted by atomic mass is 32.2. The van der Waals surface area contributed by atoms with Crippen molar-refractivity contribution in [2.75, 3.05) is 20.1 Å². The van der Waals surface area contributed by atoms with Gasteiger partial charge in [0.05, 0.1) is 16.3 Å². The Bertz CT molecular complexity index is 305. The van der Waals surface area contributed by atoms with Crippen LogP contribution in [0.4, 0.5) is 0 Å². The van der Waals surface area contributed by atoms with Crippen molar-refractivity contribution in [1.29, 1.82) is 5.41 Å². The lowest BCUT2D eigenvalue weighted by molar-refractivity contribution is 0.383. The molecule has 0 aliphatic rings. The van der Waals surface area contributed by atoms with Crippen LogP contribution >= 0.6 is 11.8 Å². The van der Waals surface area contributed by atoms with Gasteiger partial charge >= 0.3 is 0 Å². The monoisotopic (exact) mass is 239 g/mol. The zero-order chi connectivity index (χ0) is 12.6. The molecular formula is C12H21N3S. The number of likely N-dealkylation sites (N-methyl/N-ethyl adjacent to an activating group) is 1. The van der Waals surface area contributed by atoms with Gasteiger partial charge in [-0.2, -0.15) is 0 Å². The Labute approximate surface area is 103 Å². The van der Waals surface area contributed by atoms with Crippen LogP contribution in [0.1, 0.15) is 20.8 Å². The quantitative estimate of drug-likeness (QED) is 0.439. The van der Waals surface area contributed by atoms with Gasteiger partial charge in [0, 0.05) is 6.54 Å². The Morgan fingerprint density at radius 3 is 2.62 bits per heavy atom. The molecule has 0 radical (unpaired) electrons. The first-order valence-electron chi connectivity index (χ1n) is 5.25. The van der Waals surface area contributed by atoms with E-state index in [2.05, 4.69) is 37.4 Å². The molecule has 0 unspecified atom stereocenters. The fourth-order valence-electron chi connectivity index (χ4n) is 1.21. The summed E-state index contributed by atoms with van der Waals surface area (Å²) in [6.45, 7) is 11.9. The molecule has 0 aliphatic carbocycles. The zero-order valence-electron chi connectivity index (χ0n) is 10.6. The van der Waals surface area contributed by atoms with E-state index >= 15 is 0 Å². The minimum absolute atomic E-state index is 0.744. The molecule has 90 valence electrons. The van der Waals surface area contributed by atoms with E-state index in [1.54, 1.807) is 0 Å². The minimum atomic E-state index is 0.744. The Hall–Kier alpha value is -0.870. The standard InChI is InChI=1S/C12H21N3S/c1-6-15(5)8-10(2)7-11(3)14-12(4)16-9-13/h7,9,13H,3,6,8H2,1-2,4-5H3/b10-7+,13-9?,14-12?. The van der Waals surface area contributed by atoms with Gasteiger partial charge in [0.15, 0.2) is 0 Å². The Morgan fingerprint density at radius 2 is 2.12 bits per heavy atom. The summed E-state index contributed by atoms with van der Waals surface area (Å²) in [4.78, 5) is 6.50. The number of hydrogen-bond acceptors (Lipinski definition) is 4. The number of rotatable bonds is 6. The topological polar surface area (TPSA) is 39.5 Å². The molecule has 0 amide bonds. The summed E-state index contributed by atoms with van der Waals surface area (Å²) >= 11 is 1.30. The van der Waals surface area contributed by atoms with Crippen LogP contribution in [0, 0.1) is 5.41 Å². The molecule has 1 N–H and O–H groups in total. The first-order valence-corrected chi connectivity index (χ1v) is 6.13. The molecular weight excluding hydrogens is 218 g/mol. The van der Waals surface area contributed by atoms with E-state index in [0.717, 1.165) is 23.8 Å². The second-order valence-corrected chi connectivity index (χ2v) is 4.74. The number of hydrogen-bond donors (Lipinski definition) is 1. The number of allylic oxidation sites excluding steroid dienone is 1. The van der Waals surface area contributed by atoms with Gasteiger partial charge in [-0.25, -0.2) is 4.99 Å². The van der Waals surface area contributed by atoms with Crippen LogP contribution in [-0.4, -0.2) is 35.6 Å². The molecule has 0 aromatic heterocycles. The normalized spacial score (nSPS) is 13.1. The summed E-state index contributed by atoms with van der Waals surface area (Å²) in [5.41, 5.74) is 3.26. The smallest absolute Gasteiger partial charge is 0.0763 e. The molecule has 0 bridgehead atoms. The van der Waals surface area contributed by atoms with Crippen molar-refractivity contribution in [3.8, 4) is 0 Å². The average molecular weight is 239 g/mol. The first-order chi connectivity index (χ1) is 7.49. The third kappa shape index (κ3) is 7.43. The number of aliphatic imine (C=N–C) groups is 1. The van der Waals surface area contributed by atoms with Crippen molar-refractivity contribution in [3.05, 3.63) is 23.9 Å². The van der Waals surface area contributed by atoms with Gasteiger partial charge in [0.1, 0.15) is 0 Å². The maximum atomic E-state index is 6.94. The fourth-order valence-corrected chi connectivity index (χ4v) is 1.55. The molecule has 16 heavy (non-hydrogen) atoms. The van der Waals surface area contributed by atoms with Crippen LogP contribution in [0.15, 0.2) is 28.9 Å².